The number of carbonyl (C=O) groups is 1. The summed E-state index contributed by atoms with van der Waals surface area (Å²) in [5.41, 5.74) is 5.43. The molecule has 1 saturated heterocycles. The molecule has 26 heavy (non-hydrogen) atoms. The standard InChI is InChI=1S/C23H28N2O/c26-23(15-19-10-11-20-8-4-5-9-21(20)14-19)24-22-12-13-25(17-22)16-18-6-2-1-3-7-18/h1-3,6-7,10-11,14,22H,4-5,8-9,12-13,15-17H2,(H,24,26). The highest BCUT2D eigenvalue weighted by Crippen LogP contribution is 2.22. The molecule has 2 aliphatic rings. The van der Waals surface area contributed by atoms with Gasteiger partial charge in [0.15, 0.2) is 0 Å². The molecule has 2 aromatic carbocycles. The van der Waals surface area contributed by atoms with Gasteiger partial charge in [0.2, 0.25) is 5.91 Å². The Morgan fingerprint density at radius 3 is 2.65 bits per heavy atom. The van der Waals surface area contributed by atoms with Gasteiger partial charge in [0.1, 0.15) is 0 Å². The van der Waals surface area contributed by atoms with Crippen molar-refractivity contribution < 1.29 is 4.79 Å². The molecule has 0 bridgehead atoms. The summed E-state index contributed by atoms with van der Waals surface area (Å²) in [7, 11) is 0. The maximum Gasteiger partial charge on any atom is 0.224 e. The summed E-state index contributed by atoms with van der Waals surface area (Å²) in [6, 6.07) is 17.5. The van der Waals surface area contributed by atoms with Gasteiger partial charge in [0, 0.05) is 25.7 Å². The fraction of sp³-hybridized carbons (Fsp3) is 0.435. The quantitative estimate of drug-likeness (QED) is 0.897. The summed E-state index contributed by atoms with van der Waals surface area (Å²) in [6.45, 7) is 2.97. The van der Waals surface area contributed by atoms with Gasteiger partial charge in [-0.25, -0.2) is 0 Å². The molecule has 0 saturated carbocycles. The summed E-state index contributed by atoms with van der Waals surface area (Å²) in [5, 5.41) is 3.24. The van der Waals surface area contributed by atoms with Crippen molar-refractivity contribution >= 4 is 5.91 Å². The molecule has 1 unspecified atom stereocenters. The van der Waals surface area contributed by atoms with Crippen molar-refractivity contribution in [3.05, 3.63) is 70.8 Å². The molecule has 1 fully saturated rings. The molecule has 2 aromatic rings. The predicted octanol–water partition coefficient (Wildman–Crippen LogP) is 3.50. The molecule has 1 N–H and O–H groups in total. The number of aryl methyl sites for hydroxylation is 2. The van der Waals surface area contributed by atoms with Crippen LogP contribution in [0.15, 0.2) is 48.5 Å². The van der Waals surface area contributed by atoms with Crippen LogP contribution in [-0.2, 0) is 30.6 Å². The number of nitrogens with zero attached hydrogens (tertiary/aromatic N) is 1. The number of nitrogens with one attached hydrogen (secondary N) is 1. The number of hydrogen-bond donors (Lipinski definition) is 1. The van der Waals surface area contributed by atoms with E-state index < -0.39 is 0 Å². The van der Waals surface area contributed by atoms with Crippen LogP contribution in [0.3, 0.4) is 0 Å². The third-order valence-electron chi connectivity index (χ3n) is 5.66. The normalized spacial score (nSPS) is 19.9. The molecular formula is C23H28N2O. The summed E-state index contributed by atoms with van der Waals surface area (Å²) in [5.74, 6) is 0.160. The van der Waals surface area contributed by atoms with Gasteiger partial charge < -0.3 is 5.32 Å². The minimum absolute atomic E-state index is 0.160. The van der Waals surface area contributed by atoms with Crippen LogP contribution in [0.25, 0.3) is 0 Å². The Hall–Kier alpha value is -2.13. The maximum atomic E-state index is 12.5. The second kappa shape index (κ2) is 8.05. The SMILES string of the molecule is O=C(Cc1ccc2c(c1)CCCC2)NC1CCN(Cc2ccccc2)C1. The zero-order valence-electron chi connectivity index (χ0n) is 15.4. The van der Waals surface area contributed by atoms with Gasteiger partial charge in [-0.05, 0) is 54.4 Å². The fourth-order valence-corrected chi connectivity index (χ4v) is 4.30. The Bertz CT molecular complexity index is 756. The number of hydrogen-bond acceptors (Lipinski definition) is 2. The Morgan fingerprint density at radius 1 is 1.00 bits per heavy atom. The Kier molecular flexibility index (Phi) is 5.35. The number of rotatable bonds is 5. The van der Waals surface area contributed by atoms with Crippen LogP contribution in [0.4, 0.5) is 0 Å². The first-order chi connectivity index (χ1) is 12.8. The van der Waals surface area contributed by atoms with Crippen molar-refractivity contribution in [3.63, 3.8) is 0 Å². The van der Waals surface area contributed by atoms with Gasteiger partial charge in [-0.15, -0.1) is 0 Å². The average molecular weight is 348 g/mol. The van der Waals surface area contributed by atoms with Crippen LogP contribution < -0.4 is 5.32 Å². The first-order valence-electron chi connectivity index (χ1n) is 9.92. The summed E-state index contributed by atoms with van der Waals surface area (Å²) >= 11 is 0. The maximum absolute atomic E-state index is 12.5. The number of fused-ring (bicyclic) bond motifs is 1. The number of carbonyl (C=O) groups excluding carboxylic acids is 1. The summed E-state index contributed by atoms with van der Waals surface area (Å²) in [4.78, 5) is 14.9. The van der Waals surface area contributed by atoms with E-state index in [2.05, 4.69) is 58.7 Å². The van der Waals surface area contributed by atoms with E-state index in [-0.39, 0.29) is 11.9 Å². The van der Waals surface area contributed by atoms with E-state index in [1.807, 2.05) is 0 Å². The van der Waals surface area contributed by atoms with E-state index in [0.717, 1.165) is 31.6 Å². The monoisotopic (exact) mass is 348 g/mol. The van der Waals surface area contributed by atoms with Crippen LogP contribution in [0.5, 0.6) is 0 Å². The van der Waals surface area contributed by atoms with Crippen molar-refractivity contribution in [1.29, 1.82) is 0 Å². The van der Waals surface area contributed by atoms with Gasteiger partial charge in [0.05, 0.1) is 6.42 Å². The van der Waals surface area contributed by atoms with Crippen molar-refractivity contribution in [2.45, 2.75) is 51.1 Å². The topological polar surface area (TPSA) is 32.3 Å². The largest absolute Gasteiger partial charge is 0.352 e. The van der Waals surface area contributed by atoms with Crippen molar-refractivity contribution in [1.82, 2.24) is 10.2 Å². The smallest absolute Gasteiger partial charge is 0.224 e. The molecule has 0 spiro atoms. The van der Waals surface area contributed by atoms with E-state index in [9.17, 15) is 4.79 Å². The van der Waals surface area contributed by atoms with Gasteiger partial charge in [0.25, 0.3) is 0 Å². The lowest BCUT2D eigenvalue weighted by molar-refractivity contribution is -0.121. The van der Waals surface area contributed by atoms with E-state index in [4.69, 9.17) is 0 Å². The predicted molar refractivity (Wildman–Crippen MR) is 105 cm³/mol. The van der Waals surface area contributed by atoms with Crippen LogP contribution in [0.1, 0.15) is 41.5 Å². The third-order valence-corrected chi connectivity index (χ3v) is 5.66. The van der Waals surface area contributed by atoms with Crippen LogP contribution >= 0.6 is 0 Å². The van der Waals surface area contributed by atoms with Gasteiger partial charge in [-0.3, -0.25) is 9.69 Å². The summed E-state index contributed by atoms with van der Waals surface area (Å²) < 4.78 is 0. The Labute approximate surface area is 156 Å². The zero-order chi connectivity index (χ0) is 17.8. The van der Waals surface area contributed by atoms with Crippen molar-refractivity contribution in [3.8, 4) is 0 Å². The van der Waals surface area contributed by atoms with Gasteiger partial charge in [-0.2, -0.15) is 0 Å². The fourth-order valence-electron chi connectivity index (χ4n) is 4.30. The molecule has 4 rings (SSSR count). The molecule has 1 heterocycles. The van der Waals surface area contributed by atoms with Gasteiger partial charge in [-0.1, -0.05) is 48.5 Å². The van der Waals surface area contributed by atoms with Gasteiger partial charge >= 0.3 is 0 Å². The molecule has 136 valence electrons. The Morgan fingerprint density at radius 2 is 1.81 bits per heavy atom. The minimum Gasteiger partial charge on any atom is -0.352 e. The van der Waals surface area contributed by atoms with E-state index in [0.29, 0.717) is 6.42 Å². The molecule has 0 aromatic heterocycles. The minimum atomic E-state index is 0.160. The average Bonchev–Trinajstić information content (AvgIpc) is 3.09. The van der Waals surface area contributed by atoms with E-state index >= 15 is 0 Å². The molecule has 1 atom stereocenters. The molecule has 1 aliphatic heterocycles. The molecule has 0 radical (unpaired) electrons. The lowest BCUT2D eigenvalue weighted by atomic mass is 9.90. The van der Waals surface area contributed by atoms with Crippen LogP contribution in [0, 0.1) is 0 Å². The molecule has 1 amide bonds. The second-order valence-electron chi connectivity index (χ2n) is 7.76. The third kappa shape index (κ3) is 4.34. The highest BCUT2D eigenvalue weighted by atomic mass is 16.1. The first-order valence-corrected chi connectivity index (χ1v) is 9.92. The molecular weight excluding hydrogens is 320 g/mol. The van der Waals surface area contributed by atoms with Crippen LogP contribution in [-0.4, -0.2) is 29.9 Å². The summed E-state index contributed by atoms with van der Waals surface area (Å²) in [6.07, 6.45) is 6.49. The number of amides is 1. The van der Waals surface area contributed by atoms with Crippen molar-refractivity contribution in [2.75, 3.05) is 13.1 Å². The number of likely N-dealkylation sites (tertiary alicyclic amines) is 1. The van der Waals surface area contributed by atoms with E-state index in [1.54, 1.807) is 0 Å². The lowest BCUT2D eigenvalue weighted by Crippen LogP contribution is -2.37. The van der Waals surface area contributed by atoms with Crippen molar-refractivity contribution in [2.24, 2.45) is 0 Å². The van der Waals surface area contributed by atoms with E-state index in [1.165, 1.54) is 42.4 Å². The lowest BCUT2D eigenvalue weighted by Gasteiger charge is -2.18. The highest BCUT2D eigenvalue weighted by molar-refractivity contribution is 5.79. The Balaban J connectivity index is 1.27. The molecule has 1 aliphatic carbocycles. The first kappa shape index (κ1) is 17.3. The van der Waals surface area contributed by atoms with Crippen LogP contribution in [0.2, 0.25) is 0 Å². The highest BCUT2D eigenvalue weighted by Gasteiger charge is 2.23. The second-order valence-corrected chi connectivity index (χ2v) is 7.76. The molecule has 3 nitrogen and oxygen atoms in total. The molecule has 3 heteroatoms. The zero-order valence-corrected chi connectivity index (χ0v) is 15.4. The number of benzene rings is 2.